The quantitative estimate of drug-likeness (QED) is 0.875. The number of rotatable bonds is 2. The van der Waals surface area contributed by atoms with E-state index < -0.39 is 0 Å². The third-order valence-corrected chi connectivity index (χ3v) is 2.23. The van der Waals surface area contributed by atoms with Gasteiger partial charge < -0.3 is 5.73 Å². The van der Waals surface area contributed by atoms with Crippen molar-refractivity contribution in [2.45, 2.75) is 6.54 Å². The molecule has 2 aromatic rings. The van der Waals surface area contributed by atoms with Crippen LogP contribution in [0.5, 0.6) is 0 Å². The Morgan fingerprint density at radius 1 is 1.31 bits per heavy atom. The summed E-state index contributed by atoms with van der Waals surface area (Å²) >= 11 is 0. The molecule has 0 saturated heterocycles. The second-order valence-electron chi connectivity index (χ2n) is 3.45. The van der Waals surface area contributed by atoms with Crippen LogP contribution in [0.1, 0.15) is 5.56 Å². The minimum Gasteiger partial charge on any atom is -0.326 e. The molecule has 2 N–H and O–H groups in total. The molecule has 1 heterocycles. The van der Waals surface area contributed by atoms with E-state index in [2.05, 4.69) is 5.10 Å². The summed E-state index contributed by atoms with van der Waals surface area (Å²) in [6.07, 6.45) is 3.55. The summed E-state index contributed by atoms with van der Waals surface area (Å²) in [6, 6.07) is 4.80. The van der Waals surface area contributed by atoms with Gasteiger partial charge in [-0.3, -0.25) is 4.68 Å². The van der Waals surface area contributed by atoms with E-state index in [9.17, 15) is 4.39 Å². The topological polar surface area (TPSA) is 43.8 Å². The summed E-state index contributed by atoms with van der Waals surface area (Å²) in [5.41, 5.74) is 7.97. The normalized spacial score (nSPS) is 9.94. The van der Waals surface area contributed by atoms with Gasteiger partial charge in [0.1, 0.15) is 5.82 Å². The Morgan fingerprint density at radius 2 is 2.06 bits per heavy atom. The van der Waals surface area contributed by atoms with Crippen molar-refractivity contribution >= 4 is 12.4 Å². The smallest absolute Gasteiger partial charge is 0.124 e. The van der Waals surface area contributed by atoms with Crippen LogP contribution in [0.25, 0.3) is 11.1 Å². The van der Waals surface area contributed by atoms with Crippen LogP contribution < -0.4 is 5.73 Å². The number of nitrogens with zero attached hydrogens (tertiary/aromatic N) is 2. The lowest BCUT2D eigenvalue weighted by molar-refractivity contribution is 0.626. The number of nitrogens with two attached hydrogens (primary N) is 1. The second-order valence-corrected chi connectivity index (χ2v) is 3.45. The maximum atomic E-state index is 13.2. The molecular formula is C11H13ClFN3. The van der Waals surface area contributed by atoms with E-state index in [0.717, 1.165) is 16.7 Å². The molecule has 5 heteroatoms. The van der Waals surface area contributed by atoms with Gasteiger partial charge in [0, 0.05) is 25.4 Å². The summed E-state index contributed by atoms with van der Waals surface area (Å²) in [7, 11) is 1.83. The first-order chi connectivity index (χ1) is 7.19. The van der Waals surface area contributed by atoms with Crippen LogP contribution in [0, 0.1) is 5.82 Å². The van der Waals surface area contributed by atoms with E-state index in [4.69, 9.17) is 5.73 Å². The number of aryl methyl sites for hydroxylation is 1. The molecule has 0 aliphatic heterocycles. The van der Waals surface area contributed by atoms with E-state index in [1.807, 2.05) is 19.3 Å². The number of hydrogen-bond donors (Lipinski definition) is 1. The summed E-state index contributed by atoms with van der Waals surface area (Å²) in [5, 5.41) is 4.04. The van der Waals surface area contributed by atoms with E-state index in [1.165, 1.54) is 12.1 Å². The lowest BCUT2D eigenvalue weighted by atomic mass is 10.1. The van der Waals surface area contributed by atoms with E-state index in [0.29, 0.717) is 6.54 Å². The van der Waals surface area contributed by atoms with Crippen LogP contribution in [0.4, 0.5) is 4.39 Å². The van der Waals surface area contributed by atoms with Crippen LogP contribution in [0.2, 0.25) is 0 Å². The minimum absolute atomic E-state index is 0. The first-order valence-corrected chi connectivity index (χ1v) is 4.67. The highest BCUT2D eigenvalue weighted by Gasteiger charge is 2.04. The largest absolute Gasteiger partial charge is 0.326 e. The number of aromatic nitrogens is 2. The molecule has 0 saturated carbocycles. The van der Waals surface area contributed by atoms with Gasteiger partial charge in [-0.05, 0) is 29.3 Å². The maximum absolute atomic E-state index is 13.2. The number of hydrogen-bond acceptors (Lipinski definition) is 2. The molecule has 0 fully saturated rings. The molecule has 2 rings (SSSR count). The van der Waals surface area contributed by atoms with Crippen LogP contribution in [0.3, 0.4) is 0 Å². The van der Waals surface area contributed by atoms with Crippen molar-refractivity contribution in [3.8, 4) is 11.1 Å². The van der Waals surface area contributed by atoms with Gasteiger partial charge in [-0.25, -0.2) is 4.39 Å². The average molecular weight is 242 g/mol. The zero-order valence-electron chi connectivity index (χ0n) is 8.85. The zero-order chi connectivity index (χ0) is 10.8. The van der Waals surface area contributed by atoms with Gasteiger partial charge in [0.25, 0.3) is 0 Å². The van der Waals surface area contributed by atoms with Gasteiger partial charge in [0.05, 0.1) is 6.20 Å². The first kappa shape index (κ1) is 12.7. The minimum atomic E-state index is -0.267. The predicted octanol–water partition coefficient (Wildman–Crippen LogP) is 2.11. The highest BCUT2D eigenvalue weighted by molar-refractivity contribution is 5.85. The molecule has 1 aromatic carbocycles. The summed E-state index contributed by atoms with van der Waals surface area (Å²) in [4.78, 5) is 0. The third kappa shape index (κ3) is 2.59. The molecule has 0 aliphatic rings. The maximum Gasteiger partial charge on any atom is 0.124 e. The lowest BCUT2D eigenvalue weighted by Gasteiger charge is -2.02. The molecule has 0 aliphatic carbocycles. The highest BCUT2D eigenvalue weighted by atomic mass is 35.5. The molecular weight excluding hydrogens is 229 g/mol. The summed E-state index contributed by atoms with van der Waals surface area (Å²) in [5.74, 6) is -0.267. The summed E-state index contributed by atoms with van der Waals surface area (Å²) in [6.45, 7) is 0.338. The highest BCUT2D eigenvalue weighted by Crippen LogP contribution is 2.21. The SMILES string of the molecule is Cl.Cn1cc(-c2cc(F)cc(CN)c2)cn1. The van der Waals surface area contributed by atoms with Gasteiger partial charge in [0.15, 0.2) is 0 Å². The van der Waals surface area contributed by atoms with Gasteiger partial charge in [-0.15, -0.1) is 12.4 Å². The van der Waals surface area contributed by atoms with Crippen molar-refractivity contribution in [3.05, 3.63) is 42.0 Å². The molecule has 0 radical (unpaired) electrons. The van der Waals surface area contributed by atoms with E-state index >= 15 is 0 Å². The molecule has 86 valence electrons. The van der Waals surface area contributed by atoms with Crippen molar-refractivity contribution in [2.24, 2.45) is 12.8 Å². The Kier molecular flexibility index (Phi) is 4.04. The first-order valence-electron chi connectivity index (χ1n) is 4.67. The fourth-order valence-electron chi connectivity index (χ4n) is 1.51. The number of benzene rings is 1. The molecule has 0 unspecified atom stereocenters. The van der Waals surface area contributed by atoms with Gasteiger partial charge in [-0.1, -0.05) is 0 Å². The molecule has 1 aromatic heterocycles. The fraction of sp³-hybridized carbons (Fsp3) is 0.182. The Balaban J connectivity index is 0.00000128. The average Bonchev–Trinajstić information content (AvgIpc) is 2.64. The van der Waals surface area contributed by atoms with Crippen LogP contribution in [-0.2, 0) is 13.6 Å². The second kappa shape index (κ2) is 5.09. The van der Waals surface area contributed by atoms with Crippen molar-refractivity contribution in [1.29, 1.82) is 0 Å². The number of halogens is 2. The van der Waals surface area contributed by atoms with Gasteiger partial charge in [0.2, 0.25) is 0 Å². The van der Waals surface area contributed by atoms with Crippen molar-refractivity contribution in [1.82, 2.24) is 9.78 Å². The Labute approximate surface area is 99.5 Å². The molecule has 0 amide bonds. The summed E-state index contributed by atoms with van der Waals surface area (Å²) < 4.78 is 14.9. The van der Waals surface area contributed by atoms with Crippen LogP contribution >= 0.6 is 12.4 Å². The molecule has 0 spiro atoms. The fourth-order valence-corrected chi connectivity index (χ4v) is 1.51. The molecule has 16 heavy (non-hydrogen) atoms. The van der Waals surface area contributed by atoms with Crippen LogP contribution in [-0.4, -0.2) is 9.78 Å². The van der Waals surface area contributed by atoms with Crippen molar-refractivity contribution in [2.75, 3.05) is 0 Å². The van der Waals surface area contributed by atoms with Gasteiger partial charge in [-0.2, -0.15) is 5.10 Å². The molecule has 3 nitrogen and oxygen atoms in total. The molecule has 0 atom stereocenters. The lowest BCUT2D eigenvalue weighted by Crippen LogP contribution is -1.97. The monoisotopic (exact) mass is 241 g/mol. The Hall–Kier alpha value is -1.39. The zero-order valence-corrected chi connectivity index (χ0v) is 9.67. The molecule has 0 bridgehead atoms. The van der Waals surface area contributed by atoms with Crippen LogP contribution in [0.15, 0.2) is 30.6 Å². The third-order valence-electron chi connectivity index (χ3n) is 2.23. The standard InChI is InChI=1S/C11H12FN3.ClH/c1-15-7-10(6-14-15)9-2-8(5-13)3-11(12)4-9;/h2-4,6-7H,5,13H2,1H3;1H. The van der Waals surface area contributed by atoms with E-state index in [-0.39, 0.29) is 18.2 Å². The van der Waals surface area contributed by atoms with Crippen molar-refractivity contribution < 1.29 is 4.39 Å². The predicted molar refractivity (Wildman–Crippen MR) is 63.7 cm³/mol. The van der Waals surface area contributed by atoms with Crippen molar-refractivity contribution in [3.63, 3.8) is 0 Å². The Bertz CT molecular complexity index is 482. The van der Waals surface area contributed by atoms with Gasteiger partial charge >= 0.3 is 0 Å². The van der Waals surface area contributed by atoms with E-state index in [1.54, 1.807) is 10.9 Å². The Morgan fingerprint density at radius 3 is 2.62 bits per heavy atom.